The quantitative estimate of drug-likeness (QED) is 0.587. The first-order valence-electron chi connectivity index (χ1n) is 8.90. The number of fused-ring (bicyclic) bond motifs is 1. The number of ketones is 1. The summed E-state index contributed by atoms with van der Waals surface area (Å²) in [5, 5.41) is 19.6. The number of hydrogen-bond donors (Lipinski definition) is 2. The first-order valence-corrected chi connectivity index (χ1v) is 8.90. The molecular weight excluding hydrogens is 376 g/mol. The number of carboxylic acids is 1. The lowest BCUT2D eigenvalue weighted by Crippen LogP contribution is -2.34. The molecule has 0 bridgehead atoms. The van der Waals surface area contributed by atoms with Gasteiger partial charge in [0.25, 0.3) is 0 Å². The number of benzene rings is 2. The van der Waals surface area contributed by atoms with E-state index in [2.05, 4.69) is 0 Å². The molecule has 0 spiro atoms. The van der Waals surface area contributed by atoms with Gasteiger partial charge in [0, 0.05) is 17.1 Å². The van der Waals surface area contributed by atoms with Crippen LogP contribution >= 0.6 is 0 Å². The minimum atomic E-state index is -1.27. The maximum absolute atomic E-state index is 12.9. The van der Waals surface area contributed by atoms with Crippen molar-refractivity contribution in [2.24, 2.45) is 5.92 Å². The number of ether oxygens (including phenoxy) is 3. The van der Waals surface area contributed by atoms with Gasteiger partial charge in [0.2, 0.25) is 0 Å². The van der Waals surface area contributed by atoms with Gasteiger partial charge in [-0.1, -0.05) is 6.07 Å². The highest BCUT2D eigenvalue weighted by atomic mass is 16.5. The van der Waals surface area contributed by atoms with Crippen LogP contribution in [0.3, 0.4) is 0 Å². The van der Waals surface area contributed by atoms with Gasteiger partial charge < -0.3 is 24.4 Å². The first-order chi connectivity index (χ1) is 13.9. The minimum Gasteiger partial charge on any atom is -0.515 e. The lowest BCUT2D eigenvalue weighted by molar-refractivity contribution is -0.140. The molecule has 0 amide bonds. The number of aliphatic hydroxyl groups excluding tert-OH is 1. The third-order valence-corrected chi connectivity index (χ3v) is 5.25. The Balaban J connectivity index is 2.34. The standard InChI is InChI=1S/C22H22O7/c1-11-7-14-13(9-17(11)28-3)19(20(22(25)26)15(10-23)21(14)24)12-5-6-16(27-2)18(8-12)29-4/h5-10,19-20,23H,1-4H3,(H,25,26)/b15-10+/t19-,20-/m1/s1. The van der Waals surface area contributed by atoms with E-state index in [4.69, 9.17) is 14.2 Å². The van der Waals surface area contributed by atoms with E-state index < -0.39 is 23.6 Å². The van der Waals surface area contributed by atoms with E-state index >= 15 is 0 Å². The van der Waals surface area contributed by atoms with Crippen LogP contribution in [0.15, 0.2) is 42.2 Å². The molecule has 29 heavy (non-hydrogen) atoms. The fraction of sp³-hybridized carbons (Fsp3) is 0.273. The van der Waals surface area contributed by atoms with Crippen LogP contribution in [0.25, 0.3) is 0 Å². The number of rotatable bonds is 5. The summed E-state index contributed by atoms with van der Waals surface area (Å²) in [6.07, 6.45) is 0.595. The Morgan fingerprint density at radius 3 is 2.21 bits per heavy atom. The molecule has 0 saturated carbocycles. The largest absolute Gasteiger partial charge is 0.515 e. The fourth-order valence-electron chi connectivity index (χ4n) is 3.87. The van der Waals surface area contributed by atoms with Gasteiger partial charge in [-0.15, -0.1) is 0 Å². The first kappa shape index (κ1) is 20.3. The third-order valence-electron chi connectivity index (χ3n) is 5.25. The molecule has 0 saturated heterocycles. The summed E-state index contributed by atoms with van der Waals surface area (Å²) >= 11 is 0. The Labute approximate surface area is 168 Å². The van der Waals surface area contributed by atoms with Crippen molar-refractivity contribution < 1.29 is 34.0 Å². The van der Waals surface area contributed by atoms with E-state index in [0.717, 1.165) is 5.56 Å². The van der Waals surface area contributed by atoms with Crippen LogP contribution in [0.4, 0.5) is 0 Å². The van der Waals surface area contributed by atoms with Crippen LogP contribution in [0.2, 0.25) is 0 Å². The number of carbonyl (C=O) groups excluding carboxylic acids is 1. The number of aryl methyl sites for hydroxylation is 1. The van der Waals surface area contributed by atoms with Crippen LogP contribution in [0.1, 0.15) is 33.0 Å². The molecule has 2 aromatic rings. The second-order valence-electron chi connectivity index (χ2n) is 6.73. The fourth-order valence-corrected chi connectivity index (χ4v) is 3.87. The lowest BCUT2D eigenvalue weighted by atomic mass is 9.68. The molecular formula is C22H22O7. The third kappa shape index (κ3) is 3.29. The van der Waals surface area contributed by atoms with Crippen LogP contribution in [-0.4, -0.2) is 43.3 Å². The zero-order chi connectivity index (χ0) is 21.3. The van der Waals surface area contributed by atoms with Crippen molar-refractivity contribution in [1.82, 2.24) is 0 Å². The number of aliphatic hydroxyl groups is 1. The van der Waals surface area contributed by atoms with Gasteiger partial charge in [0.05, 0.1) is 33.5 Å². The van der Waals surface area contributed by atoms with Crippen molar-refractivity contribution in [3.63, 3.8) is 0 Å². The topological polar surface area (TPSA) is 102 Å². The second kappa shape index (κ2) is 7.87. The summed E-state index contributed by atoms with van der Waals surface area (Å²) in [7, 11) is 4.50. The summed E-state index contributed by atoms with van der Waals surface area (Å²) in [5.41, 5.74) is 2.02. The van der Waals surface area contributed by atoms with Crippen molar-refractivity contribution in [3.05, 3.63) is 64.4 Å². The molecule has 2 atom stereocenters. The Bertz CT molecular complexity index is 1010. The highest BCUT2D eigenvalue weighted by Crippen LogP contribution is 2.46. The van der Waals surface area contributed by atoms with Gasteiger partial charge in [-0.2, -0.15) is 0 Å². The molecule has 7 heteroatoms. The van der Waals surface area contributed by atoms with Crippen LogP contribution in [0, 0.1) is 12.8 Å². The number of carboxylic acid groups (broad SMARTS) is 1. The van der Waals surface area contributed by atoms with E-state index in [0.29, 0.717) is 40.2 Å². The van der Waals surface area contributed by atoms with Crippen molar-refractivity contribution >= 4 is 11.8 Å². The van der Waals surface area contributed by atoms with Crippen molar-refractivity contribution in [2.75, 3.05) is 21.3 Å². The molecule has 0 radical (unpaired) electrons. The van der Waals surface area contributed by atoms with Gasteiger partial charge in [-0.25, -0.2) is 0 Å². The molecule has 152 valence electrons. The van der Waals surface area contributed by atoms with Gasteiger partial charge in [-0.3, -0.25) is 9.59 Å². The van der Waals surface area contributed by atoms with Gasteiger partial charge in [0.1, 0.15) is 5.75 Å². The van der Waals surface area contributed by atoms with Gasteiger partial charge in [-0.05, 0) is 47.9 Å². The van der Waals surface area contributed by atoms with Gasteiger partial charge >= 0.3 is 5.97 Å². The molecule has 2 N–H and O–H groups in total. The molecule has 0 aliphatic heterocycles. The van der Waals surface area contributed by atoms with Gasteiger partial charge in [0.15, 0.2) is 17.3 Å². The van der Waals surface area contributed by atoms with E-state index in [1.807, 2.05) is 0 Å². The Kier molecular flexibility index (Phi) is 5.50. The Morgan fingerprint density at radius 2 is 1.66 bits per heavy atom. The van der Waals surface area contributed by atoms with Crippen molar-refractivity contribution in [2.45, 2.75) is 12.8 Å². The predicted molar refractivity (Wildman–Crippen MR) is 105 cm³/mol. The van der Waals surface area contributed by atoms with Crippen molar-refractivity contribution in [1.29, 1.82) is 0 Å². The summed E-state index contributed by atoms with van der Waals surface area (Å²) in [6, 6.07) is 8.43. The normalized spacial score (nSPS) is 19.6. The molecule has 0 fully saturated rings. The molecule has 0 unspecified atom stereocenters. The summed E-state index contributed by atoms with van der Waals surface area (Å²) in [4.78, 5) is 25.1. The average molecular weight is 398 g/mol. The smallest absolute Gasteiger partial charge is 0.312 e. The lowest BCUT2D eigenvalue weighted by Gasteiger charge is -2.33. The maximum atomic E-state index is 12.9. The summed E-state index contributed by atoms with van der Waals surface area (Å²) in [6.45, 7) is 1.80. The second-order valence-corrected chi connectivity index (χ2v) is 6.73. The molecule has 1 aliphatic rings. The van der Waals surface area contributed by atoms with Crippen molar-refractivity contribution in [3.8, 4) is 17.2 Å². The molecule has 3 rings (SSSR count). The zero-order valence-electron chi connectivity index (χ0n) is 16.6. The molecule has 7 nitrogen and oxygen atoms in total. The number of carbonyl (C=O) groups is 2. The van der Waals surface area contributed by atoms with E-state index in [-0.39, 0.29) is 5.57 Å². The zero-order valence-corrected chi connectivity index (χ0v) is 16.6. The number of Topliss-reactive ketones (excluding diaryl/α,β-unsaturated/α-hetero) is 1. The predicted octanol–water partition coefficient (Wildman–Crippen LogP) is 3.49. The summed E-state index contributed by atoms with van der Waals surface area (Å²) in [5.74, 6) is -2.28. The monoisotopic (exact) mass is 398 g/mol. The molecule has 2 aromatic carbocycles. The number of hydrogen-bond acceptors (Lipinski definition) is 6. The highest BCUT2D eigenvalue weighted by Gasteiger charge is 2.44. The highest BCUT2D eigenvalue weighted by molar-refractivity contribution is 6.14. The van der Waals surface area contributed by atoms with Crippen LogP contribution in [-0.2, 0) is 4.79 Å². The van der Waals surface area contributed by atoms with Crippen LogP contribution < -0.4 is 14.2 Å². The van der Waals surface area contributed by atoms with E-state index in [1.54, 1.807) is 37.3 Å². The maximum Gasteiger partial charge on any atom is 0.312 e. The minimum absolute atomic E-state index is 0.172. The number of methoxy groups -OCH3 is 3. The van der Waals surface area contributed by atoms with E-state index in [9.17, 15) is 19.8 Å². The molecule has 0 aromatic heterocycles. The Hall–Kier alpha value is -3.48. The Morgan fingerprint density at radius 1 is 1.00 bits per heavy atom. The number of aliphatic carboxylic acids is 1. The molecule has 0 heterocycles. The molecule has 1 aliphatic carbocycles. The van der Waals surface area contributed by atoms with E-state index in [1.165, 1.54) is 21.3 Å². The summed E-state index contributed by atoms with van der Waals surface area (Å²) < 4.78 is 16.0. The van der Waals surface area contributed by atoms with Crippen LogP contribution in [0.5, 0.6) is 17.2 Å². The SMILES string of the molecule is COc1cc2c(cc1C)C(=O)/C(=C/O)[C@@H](C(=O)O)[C@@H]2c1ccc(OC)c(OC)c1. The average Bonchev–Trinajstić information content (AvgIpc) is 2.72.